The summed E-state index contributed by atoms with van der Waals surface area (Å²) in [5.41, 5.74) is 2.28. The van der Waals surface area contributed by atoms with Gasteiger partial charge in [-0.25, -0.2) is 0 Å². The van der Waals surface area contributed by atoms with E-state index in [1.807, 2.05) is 0 Å². The lowest BCUT2D eigenvalue weighted by Gasteiger charge is -2.66. The van der Waals surface area contributed by atoms with Gasteiger partial charge in [-0.1, -0.05) is 64.9 Å². The van der Waals surface area contributed by atoms with Gasteiger partial charge in [0.05, 0.1) is 17.4 Å². The van der Waals surface area contributed by atoms with Crippen molar-refractivity contribution in [3.63, 3.8) is 0 Å². The molecule has 0 unspecified atom stereocenters. The normalized spacial score (nSPS) is 42.4. The van der Waals surface area contributed by atoms with E-state index in [1.54, 1.807) is 7.11 Å². The van der Waals surface area contributed by atoms with E-state index in [0.29, 0.717) is 12.2 Å². The van der Waals surface area contributed by atoms with Crippen molar-refractivity contribution in [1.29, 1.82) is 0 Å². The van der Waals surface area contributed by atoms with Gasteiger partial charge in [-0.2, -0.15) is 0 Å². The Balaban J connectivity index is 1.52. The van der Waals surface area contributed by atoms with Crippen LogP contribution in [0.2, 0.25) is 0 Å². The fraction of sp³-hybridized carbons (Fsp3) is 0.806. The summed E-state index contributed by atoms with van der Waals surface area (Å²) in [4.78, 5) is 38.7. The van der Waals surface area contributed by atoms with Gasteiger partial charge < -0.3 is 9.84 Å². The topological polar surface area (TPSA) is 80.7 Å². The summed E-state index contributed by atoms with van der Waals surface area (Å²) in [7, 11) is 1.66. The summed E-state index contributed by atoms with van der Waals surface area (Å²) in [6.07, 6.45) is 13.8. The number of carboxylic acid groups (broad SMARTS) is 1. The van der Waals surface area contributed by atoms with Crippen LogP contribution in [0, 0.1) is 46.3 Å². The molecule has 6 aliphatic rings. The van der Waals surface area contributed by atoms with E-state index in [2.05, 4.69) is 20.8 Å². The molecule has 0 aromatic heterocycles. The van der Waals surface area contributed by atoms with E-state index in [0.717, 1.165) is 81.8 Å². The molecule has 0 aromatic rings. The second-order valence-electron chi connectivity index (χ2n) is 15.4. The molecular weight excluding hydrogens is 583 g/mol. The monoisotopic (exact) mass is 632 g/mol. The molecule has 1 N–H and O–H groups in total. The van der Waals surface area contributed by atoms with Gasteiger partial charge in [0.15, 0.2) is 5.76 Å². The Labute approximate surface area is 267 Å². The van der Waals surface area contributed by atoms with E-state index in [9.17, 15) is 19.5 Å². The smallest absolute Gasteiger partial charge is 0.310 e. The number of allylic oxidation sites excluding steroid dienone is 3. The summed E-state index contributed by atoms with van der Waals surface area (Å²) in [5, 5.41) is 9.05. The SMILES string of the molecule is COC1=C(C2CCCCC2)[C@@]2(C)C(=C(C3CCCCC3)C1=O)CC[C@H]1[C@@H]3C[C@@H](C)[C@H](C(=O)CC(=O)O)[C@@]3(C)C[C@H](Cl)[C@@]12Cl. The highest BCUT2D eigenvalue weighted by molar-refractivity contribution is 6.34. The molecule has 0 bridgehead atoms. The van der Waals surface area contributed by atoms with Crippen LogP contribution in [0.4, 0.5) is 0 Å². The van der Waals surface area contributed by atoms with Crippen molar-refractivity contribution >= 4 is 40.7 Å². The van der Waals surface area contributed by atoms with Crippen LogP contribution in [0.15, 0.2) is 22.5 Å². The third-order valence-electron chi connectivity index (χ3n) is 13.4. The fourth-order valence-electron chi connectivity index (χ4n) is 11.9. The Hall–Kier alpha value is -1.33. The molecular formula is C36H50Cl2O5. The third-order valence-corrected chi connectivity index (χ3v) is 14.9. The number of ether oxygens (including phenoxy) is 1. The Kier molecular flexibility index (Phi) is 8.45. The number of aliphatic carboxylic acids is 1. The van der Waals surface area contributed by atoms with Crippen molar-refractivity contribution in [2.75, 3.05) is 7.11 Å². The first-order valence-electron chi connectivity index (χ1n) is 17.1. The predicted molar refractivity (Wildman–Crippen MR) is 169 cm³/mol. The lowest BCUT2D eigenvalue weighted by atomic mass is 9.43. The van der Waals surface area contributed by atoms with Gasteiger partial charge in [0, 0.05) is 16.9 Å². The van der Waals surface area contributed by atoms with Crippen LogP contribution in [-0.4, -0.2) is 40.0 Å². The second-order valence-corrected chi connectivity index (χ2v) is 16.5. The molecule has 6 rings (SSSR count). The highest BCUT2D eigenvalue weighted by Gasteiger charge is 2.73. The molecule has 7 heteroatoms. The molecule has 5 fully saturated rings. The molecule has 0 radical (unpaired) electrons. The maximum Gasteiger partial charge on any atom is 0.310 e. The number of rotatable bonds is 6. The molecule has 238 valence electrons. The van der Waals surface area contributed by atoms with Crippen LogP contribution in [0.25, 0.3) is 0 Å². The molecule has 0 amide bonds. The number of methoxy groups -OCH3 is 1. The number of ketones is 2. The number of carbonyl (C=O) groups is 3. The maximum absolute atomic E-state index is 14.5. The number of Topliss-reactive ketones (excluding diaryl/α,β-unsaturated/α-hetero) is 2. The maximum atomic E-state index is 14.5. The first kappa shape index (κ1) is 31.6. The largest absolute Gasteiger partial charge is 0.493 e. The number of alkyl halides is 2. The summed E-state index contributed by atoms with van der Waals surface area (Å²) in [6, 6.07) is 0. The summed E-state index contributed by atoms with van der Waals surface area (Å²) in [6.45, 7) is 6.60. The Morgan fingerprint density at radius 2 is 1.56 bits per heavy atom. The van der Waals surface area contributed by atoms with Crippen molar-refractivity contribution in [3.05, 3.63) is 22.5 Å². The van der Waals surface area contributed by atoms with Crippen molar-refractivity contribution in [2.45, 2.75) is 127 Å². The zero-order valence-electron chi connectivity index (χ0n) is 26.5. The molecule has 0 heterocycles. The summed E-state index contributed by atoms with van der Waals surface area (Å²) < 4.78 is 6.17. The van der Waals surface area contributed by atoms with Crippen molar-refractivity contribution in [3.8, 4) is 0 Å². The zero-order valence-corrected chi connectivity index (χ0v) is 28.0. The molecule has 5 saturated carbocycles. The van der Waals surface area contributed by atoms with Crippen molar-refractivity contribution < 1.29 is 24.2 Å². The van der Waals surface area contributed by atoms with Crippen LogP contribution in [0.3, 0.4) is 0 Å². The van der Waals surface area contributed by atoms with Crippen LogP contribution < -0.4 is 0 Å². The van der Waals surface area contributed by atoms with E-state index in [4.69, 9.17) is 27.9 Å². The Morgan fingerprint density at radius 3 is 2.14 bits per heavy atom. The minimum Gasteiger partial charge on any atom is -0.493 e. The van der Waals surface area contributed by atoms with Gasteiger partial charge in [0.1, 0.15) is 12.2 Å². The quantitative estimate of drug-likeness (QED) is 0.234. The molecule has 0 aliphatic heterocycles. The molecule has 0 saturated heterocycles. The Bertz CT molecular complexity index is 1240. The minimum atomic E-state index is -1.06. The first-order chi connectivity index (χ1) is 20.4. The average Bonchev–Trinajstić information content (AvgIpc) is 3.23. The van der Waals surface area contributed by atoms with Crippen LogP contribution in [0.1, 0.15) is 117 Å². The molecule has 5 nitrogen and oxygen atoms in total. The number of fused-ring (bicyclic) bond motifs is 5. The molecule has 43 heavy (non-hydrogen) atoms. The van der Waals surface area contributed by atoms with Crippen LogP contribution in [-0.2, 0) is 19.1 Å². The van der Waals surface area contributed by atoms with Crippen LogP contribution >= 0.6 is 23.2 Å². The van der Waals surface area contributed by atoms with Crippen molar-refractivity contribution in [2.24, 2.45) is 46.3 Å². The highest BCUT2D eigenvalue weighted by Crippen LogP contribution is 2.74. The van der Waals surface area contributed by atoms with Crippen LogP contribution in [0.5, 0.6) is 0 Å². The Morgan fingerprint density at radius 1 is 0.953 bits per heavy atom. The molecule has 0 aromatic carbocycles. The lowest BCUT2D eigenvalue weighted by Crippen LogP contribution is -2.67. The average molecular weight is 634 g/mol. The highest BCUT2D eigenvalue weighted by atomic mass is 35.5. The number of hydrogen-bond donors (Lipinski definition) is 1. The summed E-state index contributed by atoms with van der Waals surface area (Å²) >= 11 is 15.9. The lowest BCUT2D eigenvalue weighted by molar-refractivity contribution is -0.143. The number of halogens is 2. The standard InChI is InChI=1S/C36H50Cl2O5/c1-20-17-25-23-15-16-24-29(21-11-7-5-8-12-21)32(42)33(43-4)31(22-13-9-6-10-14-22)35(24,3)36(23,38)27(37)19-34(25,2)30(20)26(39)18-28(40)41/h20-23,25,27,30H,5-19H2,1-4H3,(H,40,41)/t20-,23+,25+,27+,30-,34+,35-,36+/m1/s1. The predicted octanol–water partition coefficient (Wildman–Crippen LogP) is 8.65. The molecule has 0 spiro atoms. The molecule has 8 atom stereocenters. The van der Waals surface area contributed by atoms with Gasteiger partial charge in [0.2, 0.25) is 5.78 Å². The van der Waals surface area contributed by atoms with Gasteiger partial charge in [-0.05, 0) is 91.9 Å². The number of carboxylic acids is 1. The number of carbonyl (C=O) groups excluding carboxylic acids is 2. The van der Waals surface area contributed by atoms with Gasteiger partial charge in [-0.3, -0.25) is 14.4 Å². The molecule has 6 aliphatic carbocycles. The van der Waals surface area contributed by atoms with Gasteiger partial charge in [-0.15, -0.1) is 23.2 Å². The third kappa shape index (κ3) is 4.55. The van der Waals surface area contributed by atoms with E-state index in [-0.39, 0.29) is 47.1 Å². The zero-order chi connectivity index (χ0) is 30.9. The van der Waals surface area contributed by atoms with E-state index in [1.165, 1.54) is 18.4 Å². The first-order valence-corrected chi connectivity index (χ1v) is 17.9. The van der Waals surface area contributed by atoms with Crippen molar-refractivity contribution in [1.82, 2.24) is 0 Å². The van der Waals surface area contributed by atoms with Gasteiger partial charge in [0.25, 0.3) is 0 Å². The van der Waals surface area contributed by atoms with Gasteiger partial charge >= 0.3 is 5.97 Å². The van der Waals surface area contributed by atoms with E-state index < -0.39 is 33.5 Å². The van der Waals surface area contributed by atoms with E-state index >= 15 is 0 Å². The second kappa shape index (κ2) is 11.5. The number of hydrogen-bond acceptors (Lipinski definition) is 4. The fourth-order valence-corrected chi connectivity index (χ4v) is 13.1. The minimum absolute atomic E-state index is 0.0479. The summed E-state index contributed by atoms with van der Waals surface area (Å²) in [5.74, 6) is -0.198.